The van der Waals surface area contributed by atoms with Gasteiger partial charge in [0.2, 0.25) is 5.95 Å². The van der Waals surface area contributed by atoms with Crippen LogP contribution in [0.25, 0.3) is 27.9 Å². The van der Waals surface area contributed by atoms with E-state index in [9.17, 15) is 9.59 Å². The minimum Gasteiger partial charge on any atom is -0.466 e. The zero-order valence-electron chi connectivity index (χ0n) is 16.0. The Hall–Kier alpha value is -3.29. The Bertz CT molecular complexity index is 1370. The standard InChI is InChI=1S/C21H16Cl2N4O3/c1-27-19-15(25-21(27)26-18-13(22)4-3-5-14(18)23)8-6-11-10-12(7-9-16(28)30-2)24-20(29)17(11)19/h3-10H,1-2H3,(H,24,29)(H,25,26). The molecule has 0 unspecified atom stereocenters. The topological polar surface area (TPSA) is 89.0 Å². The Morgan fingerprint density at radius 1 is 1.23 bits per heavy atom. The lowest BCUT2D eigenvalue weighted by Gasteiger charge is -2.10. The van der Waals surface area contributed by atoms with Gasteiger partial charge in [-0.1, -0.05) is 35.3 Å². The lowest BCUT2D eigenvalue weighted by molar-refractivity contribution is -0.134. The predicted octanol–water partition coefficient (Wildman–Crippen LogP) is 4.65. The molecule has 0 fully saturated rings. The van der Waals surface area contributed by atoms with Gasteiger partial charge in [0.25, 0.3) is 5.56 Å². The first-order chi connectivity index (χ1) is 14.4. The van der Waals surface area contributed by atoms with Crippen molar-refractivity contribution in [1.29, 1.82) is 0 Å². The Labute approximate surface area is 180 Å². The number of ether oxygens (including phenoxy) is 1. The molecular weight excluding hydrogens is 427 g/mol. The van der Waals surface area contributed by atoms with Crippen molar-refractivity contribution in [2.24, 2.45) is 7.05 Å². The van der Waals surface area contributed by atoms with Crippen LogP contribution in [-0.2, 0) is 16.6 Å². The van der Waals surface area contributed by atoms with Crippen LogP contribution in [0.2, 0.25) is 10.0 Å². The lowest BCUT2D eigenvalue weighted by atomic mass is 10.1. The molecule has 0 amide bonds. The number of methoxy groups -OCH3 is 1. The third-order valence-corrected chi connectivity index (χ3v) is 5.29. The van der Waals surface area contributed by atoms with E-state index in [1.165, 1.54) is 19.3 Å². The largest absolute Gasteiger partial charge is 0.466 e. The number of H-pyrrole nitrogens is 1. The molecule has 0 atom stereocenters. The Morgan fingerprint density at radius 2 is 1.97 bits per heavy atom. The Balaban J connectivity index is 1.85. The molecule has 7 nitrogen and oxygen atoms in total. The number of anilines is 2. The van der Waals surface area contributed by atoms with Gasteiger partial charge in [0, 0.05) is 18.8 Å². The number of aryl methyl sites for hydroxylation is 1. The second-order valence-corrected chi connectivity index (χ2v) is 7.34. The first kappa shape index (κ1) is 20.0. The van der Waals surface area contributed by atoms with Gasteiger partial charge in [0.1, 0.15) is 0 Å². The number of imidazole rings is 1. The number of nitrogens with one attached hydrogen (secondary N) is 2. The number of para-hydroxylation sites is 1. The second kappa shape index (κ2) is 7.85. The fourth-order valence-corrected chi connectivity index (χ4v) is 3.73. The molecule has 0 bridgehead atoms. The van der Waals surface area contributed by atoms with Crippen LogP contribution in [0.5, 0.6) is 0 Å². The number of fused-ring (bicyclic) bond motifs is 3. The van der Waals surface area contributed by atoms with E-state index in [1.807, 2.05) is 12.1 Å². The van der Waals surface area contributed by atoms with E-state index >= 15 is 0 Å². The van der Waals surface area contributed by atoms with Crippen molar-refractivity contribution in [1.82, 2.24) is 14.5 Å². The fraction of sp³-hybridized carbons (Fsp3) is 0.0952. The van der Waals surface area contributed by atoms with Crippen LogP contribution in [-0.4, -0.2) is 27.6 Å². The number of nitrogens with zero attached hydrogens (tertiary/aromatic N) is 2. The molecule has 9 heteroatoms. The van der Waals surface area contributed by atoms with E-state index < -0.39 is 5.97 Å². The van der Waals surface area contributed by atoms with Gasteiger partial charge in [-0.25, -0.2) is 9.78 Å². The van der Waals surface area contributed by atoms with Crippen molar-refractivity contribution in [2.75, 3.05) is 12.4 Å². The quantitative estimate of drug-likeness (QED) is 0.354. The van der Waals surface area contributed by atoms with Crippen molar-refractivity contribution in [3.63, 3.8) is 0 Å². The summed E-state index contributed by atoms with van der Waals surface area (Å²) in [7, 11) is 3.09. The average molecular weight is 443 g/mol. The smallest absolute Gasteiger partial charge is 0.330 e. The average Bonchev–Trinajstić information content (AvgIpc) is 3.04. The minimum atomic E-state index is -0.507. The fourth-order valence-electron chi connectivity index (χ4n) is 3.23. The molecular formula is C21H16Cl2N4O3. The molecule has 0 radical (unpaired) electrons. The molecule has 0 saturated carbocycles. The number of benzene rings is 2. The highest BCUT2D eigenvalue weighted by Crippen LogP contribution is 2.34. The number of rotatable bonds is 4. The van der Waals surface area contributed by atoms with Crippen molar-refractivity contribution in [3.8, 4) is 0 Å². The number of carbonyl (C=O) groups excluding carboxylic acids is 1. The summed E-state index contributed by atoms with van der Waals surface area (Å²) in [5.41, 5.74) is 2.02. The molecule has 2 heterocycles. The summed E-state index contributed by atoms with van der Waals surface area (Å²) < 4.78 is 6.35. The molecule has 0 spiro atoms. The first-order valence-electron chi connectivity index (χ1n) is 8.88. The summed E-state index contributed by atoms with van der Waals surface area (Å²) in [4.78, 5) is 31.5. The van der Waals surface area contributed by atoms with Gasteiger partial charge >= 0.3 is 5.97 Å². The monoisotopic (exact) mass is 442 g/mol. The van der Waals surface area contributed by atoms with E-state index in [-0.39, 0.29) is 5.56 Å². The molecule has 4 rings (SSSR count). The van der Waals surface area contributed by atoms with Crippen molar-refractivity contribution >= 4 is 68.7 Å². The molecule has 2 N–H and O–H groups in total. The van der Waals surface area contributed by atoms with Gasteiger partial charge in [0.05, 0.1) is 39.3 Å². The number of aromatic nitrogens is 3. The van der Waals surface area contributed by atoms with E-state index in [0.717, 1.165) is 0 Å². The van der Waals surface area contributed by atoms with Crippen LogP contribution in [0.4, 0.5) is 11.6 Å². The van der Waals surface area contributed by atoms with Gasteiger partial charge in [-0.2, -0.15) is 0 Å². The minimum absolute atomic E-state index is 0.298. The molecule has 30 heavy (non-hydrogen) atoms. The van der Waals surface area contributed by atoms with Crippen LogP contribution in [0.1, 0.15) is 5.69 Å². The van der Waals surface area contributed by atoms with Crippen molar-refractivity contribution in [3.05, 3.63) is 68.6 Å². The molecule has 0 aliphatic rings. The molecule has 0 aliphatic carbocycles. The maximum Gasteiger partial charge on any atom is 0.330 e. The van der Waals surface area contributed by atoms with Crippen LogP contribution < -0.4 is 10.9 Å². The number of esters is 1. The summed E-state index contributed by atoms with van der Waals surface area (Å²) in [6, 6.07) is 10.6. The number of hydrogen-bond acceptors (Lipinski definition) is 5. The number of halogens is 2. The maximum absolute atomic E-state index is 12.8. The maximum atomic E-state index is 12.8. The van der Waals surface area contributed by atoms with Gasteiger partial charge in [0.15, 0.2) is 0 Å². The van der Waals surface area contributed by atoms with Crippen LogP contribution in [0.15, 0.2) is 47.3 Å². The second-order valence-electron chi connectivity index (χ2n) is 6.52. The summed E-state index contributed by atoms with van der Waals surface area (Å²) >= 11 is 12.5. The normalized spacial score (nSPS) is 11.5. The molecule has 2 aromatic heterocycles. The zero-order chi connectivity index (χ0) is 21.4. The number of aromatic amines is 1. The molecule has 0 aliphatic heterocycles. The van der Waals surface area contributed by atoms with Gasteiger partial charge in [-0.3, -0.25) is 4.79 Å². The molecule has 2 aromatic carbocycles. The number of carbonyl (C=O) groups is 1. The van der Waals surface area contributed by atoms with E-state index in [4.69, 9.17) is 23.2 Å². The highest BCUT2D eigenvalue weighted by molar-refractivity contribution is 6.39. The van der Waals surface area contributed by atoms with Crippen LogP contribution >= 0.6 is 23.2 Å². The molecule has 152 valence electrons. The van der Waals surface area contributed by atoms with Gasteiger partial charge in [-0.05, 0) is 35.7 Å². The van der Waals surface area contributed by atoms with Crippen molar-refractivity contribution < 1.29 is 9.53 Å². The number of pyridine rings is 1. The van der Waals surface area contributed by atoms with E-state index in [0.29, 0.717) is 49.2 Å². The summed E-state index contributed by atoms with van der Waals surface area (Å²) in [6.07, 6.45) is 2.74. The highest BCUT2D eigenvalue weighted by atomic mass is 35.5. The van der Waals surface area contributed by atoms with E-state index in [1.54, 1.807) is 35.9 Å². The van der Waals surface area contributed by atoms with Gasteiger partial charge < -0.3 is 19.6 Å². The third-order valence-electron chi connectivity index (χ3n) is 4.66. The SMILES string of the molecule is COC(=O)C=Cc1cc2ccc3nc(Nc4c(Cl)cccc4Cl)n(C)c3c2c(=O)[nH]1. The number of hydrogen-bond donors (Lipinski definition) is 2. The Kier molecular flexibility index (Phi) is 5.24. The van der Waals surface area contributed by atoms with Crippen LogP contribution in [0.3, 0.4) is 0 Å². The van der Waals surface area contributed by atoms with E-state index in [2.05, 4.69) is 20.0 Å². The molecule has 4 aromatic rings. The van der Waals surface area contributed by atoms with Crippen LogP contribution in [0, 0.1) is 0 Å². The summed E-state index contributed by atoms with van der Waals surface area (Å²) in [5.74, 6) is -0.0199. The lowest BCUT2D eigenvalue weighted by Crippen LogP contribution is -2.09. The highest BCUT2D eigenvalue weighted by Gasteiger charge is 2.16. The summed E-state index contributed by atoms with van der Waals surface area (Å²) in [6.45, 7) is 0. The van der Waals surface area contributed by atoms with Gasteiger partial charge in [-0.15, -0.1) is 0 Å². The predicted molar refractivity (Wildman–Crippen MR) is 120 cm³/mol. The van der Waals surface area contributed by atoms with Crippen molar-refractivity contribution in [2.45, 2.75) is 0 Å². The third kappa shape index (κ3) is 3.53. The zero-order valence-corrected chi connectivity index (χ0v) is 17.5. The molecule has 0 saturated heterocycles. The summed E-state index contributed by atoms with van der Waals surface area (Å²) in [5, 5.41) is 5.25. The Morgan fingerprint density at radius 3 is 2.67 bits per heavy atom. The first-order valence-corrected chi connectivity index (χ1v) is 9.64.